The molecule has 4 rings (SSSR count). The topological polar surface area (TPSA) is 120 Å². The van der Waals surface area contributed by atoms with Crippen molar-refractivity contribution in [2.45, 2.75) is 18.9 Å². The zero-order chi connectivity index (χ0) is 25.9. The van der Waals surface area contributed by atoms with E-state index in [1.165, 1.54) is 6.20 Å². The van der Waals surface area contributed by atoms with Crippen LogP contribution in [0.4, 0.5) is 26.4 Å². The zero-order valence-electron chi connectivity index (χ0n) is 19.2. The maximum Gasteiger partial charge on any atom is 0.321 e. The number of sulfonamides is 1. The maximum absolute atomic E-state index is 13.9. The molecule has 3 N–H and O–H groups in total. The Labute approximate surface area is 212 Å². The van der Waals surface area contributed by atoms with Crippen LogP contribution in [-0.4, -0.2) is 44.2 Å². The molecule has 3 amide bonds. The highest BCUT2D eigenvalue weighted by molar-refractivity contribution is 7.92. The minimum Gasteiger partial charge on any atom is -0.326 e. The molecule has 2 aromatic carbocycles. The number of urea groups is 1. The summed E-state index contributed by atoms with van der Waals surface area (Å²) in [5.74, 6) is -1.38. The van der Waals surface area contributed by atoms with Crippen LogP contribution in [0, 0.1) is 5.82 Å². The van der Waals surface area contributed by atoms with E-state index in [0.29, 0.717) is 36.3 Å². The van der Waals surface area contributed by atoms with Gasteiger partial charge in [0, 0.05) is 24.0 Å². The number of para-hydroxylation sites is 1. The first-order chi connectivity index (χ1) is 17.1. The molecular weight excluding hydrogens is 509 g/mol. The fourth-order valence-corrected chi connectivity index (χ4v) is 4.64. The molecule has 1 atom stereocenters. The minimum atomic E-state index is -3.45. The molecular formula is C24H23ClFN5O4S. The van der Waals surface area contributed by atoms with Crippen molar-refractivity contribution < 1.29 is 22.4 Å². The van der Waals surface area contributed by atoms with Gasteiger partial charge in [-0.1, -0.05) is 41.9 Å². The Hall–Kier alpha value is -3.70. The molecule has 0 saturated carbocycles. The first kappa shape index (κ1) is 25.4. The Morgan fingerprint density at radius 1 is 1.17 bits per heavy atom. The van der Waals surface area contributed by atoms with Crippen molar-refractivity contribution in [2.75, 3.05) is 27.7 Å². The van der Waals surface area contributed by atoms with E-state index in [1.54, 1.807) is 53.4 Å². The van der Waals surface area contributed by atoms with Crippen LogP contribution in [0.1, 0.15) is 12.8 Å². The number of benzene rings is 2. The van der Waals surface area contributed by atoms with Crippen molar-refractivity contribution in [3.05, 3.63) is 71.6 Å². The Kier molecular flexibility index (Phi) is 7.41. The lowest BCUT2D eigenvalue weighted by Crippen LogP contribution is -2.53. The van der Waals surface area contributed by atoms with Crippen molar-refractivity contribution in [3.63, 3.8) is 0 Å². The second kappa shape index (κ2) is 10.5. The lowest BCUT2D eigenvalue weighted by atomic mass is 10.0. The summed E-state index contributed by atoms with van der Waals surface area (Å²) in [7, 11) is -3.45. The molecule has 1 fully saturated rings. The molecule has 9 nitrogen and oxygen atoms in total. The summed E-state index contributed by atoms with van der Waals surface area (Å²) in [6, 6.07) is 13.6. The molecule has 0 unspecified atom stereocenters. The summed E-state index contributed by atoms with van der Waals surface area (Å²) in [5, 5.41) is 4.97. The fraction of sp³-hybridized carbons (Fsp3) is 0.208. The molecule has 1 aliphatic rings. The molecule has 0 spiro atoms. The van der Waals surface area contributed by atoms with Gasteiger partial charge in [-0.05, 0) is 42.7 Å². The van der Waals surface area contributed by atoms with Gasteiger partial charge in [0.2, 0.25) is 15.9 Å². The Morgan fingerprint density at radius 3 is 2.58 bits per heavy atom. The first-order valence-corrected chi connectivity index (χ1v) is 13.2. The third-order valence-corrected chi connectivity index (χ3v) is 6.29. The van der Waals surface area contributed by atoms with Crippen LogP contribution in [0.5, 0.6) is 0 Å². The highest BCUT2D eigenvalue weighted by Crippen LogP contribution is 2.31. The van der Waals surface area contributed by atoms with Gasteiger partial charge in [0.1, 0.15) is 6.04 Å². The largest absolute Gasteiger partial charge is 0.326 e. The van der Waals surface area contributed by atoms with Crippen molar-refractivity contribution in [1.29, 1.82) is 0 Å². The standard InChI is InChI=1S/C24H23ClFN5O4S/c1-36(34,35)30-20-6-3-2-5-18(20)15-8-10-17(11-9-15)31-12-4-7-21(23(31)32)28-24(33)29-22-19(26)13-16(25)14-27-22/h2-3,5-6,8-11,13-14,21,30H,4,7,12H2,1H3,(H2,27,28,29,33)/t21-/m1/s1. The number of hydrogen-bond acceptors (Lipinski definition) is 5. The monoisotopic (exact) mass is 531 g/mol. The van der Waals surface area contributed by atoms with Gasteiger partial charge in [-0.15, -0.1) is 0 Å². The number of nitrogens with one attached hydrogen (secondary N) is 3. The number of carbonyl (C=O) groups excluding carboxylic acids is 2. The van der Waals surface area contributed by atoms with E-state index in [4.69, 9.17) is 11.6 Å². The number of anilines is 3. The normalized spacial score (nSPS) is 15.9. The number of hydrogen-bond donors (Lipinski definition) is 3. The zero-order valence-corrected chi connectivity index (χ0v) is 20.7. The third-order valence-electron chi connectivity index (χ3n) is 5.50. The highest BCUT2D eigenvalue weighted by Gasteiger charge is 2.31. The van der Waals surface area contributed by atoms with E-state index in [0.717, 1.165) is 17.9 Å². The molecule has 1 aliphatic heterocycles. The van der Waals surface area contributed by atoms with Gasteiger partial charge in [-0.25, -0.2) is 22.6 Å². The van der Waals surface area contributed by atoms with Crippen molar-refractivity contribution in [1.82, 2.24) is 10.3 Å². The Bertz CT molecular complexity index is 1400. The van der Waals surface area contributed by atoms with Crippen molar-refractivity contribution >= 4 is 50.8 Å². The SMILES string of the molecule is CS(=O)(=O)Nc1ccccc1-c1ccc(N2CCC[C@@H](NC(=O)Nc3ncc(Cl)cc3F)C2=O)cc1. The summed E-state index contributed by atoms with van der Waals surface area (Å²) < 4.78 is 39.8. The predicted molar refractivity (Wildman–Crippen MR) is 137 cm³/mol. The van der Waals surface area contributed by atoms with E-state index in [1.807, 2.05) is 0 Å². The van der Waals surface area contributed by atoms with E-state index in [2.05, 4.69) is 20.3 Å². The summed E-state index contributed by atoms with van der Waals surface area (Å²) >= 11 is 5.67. The summed E-state index contributed by atoms with van der Waals surface area (Å²) in [5.41, 5.74) is 2.54. The van der Waals surface area contributed by atoms with E-state index in [9.17, 15) is 22.4 Å². The first-order valence-electron chi connectivity index (χ1n) is 11.0. The fourth-order valence-electron chi connectivity index (χ4n) is 3.92. The van der Waals surface area contributed by atoms with Gasteiger partial charge in [-0.2, -0.15) is 0 Å². The van der Waals surface area contributed by atoms with Crippen LogP contribution in [0.15, 0.2) is 60.8 Å². The summed E-state index contributed by atoms with van der Waals surface area (Å²) in [6.07, 6.45) is 3.37. The molecule has 0 radical (unpaired) electrons. The second-order valence-electron chi connectivity index (χ2n) is 8.23. The quantitative estimate of drug-likeness (QED) is 0.439. The summed E-state index contributed by atoms with van der Waals surface area (Å²) in [6.45, 7) is 0.470. The van der Waals surface area contributed by atoms with Crippen LogP contribution in [0.3, 0.4) is 0 Å². The highest BCUT2D eigenvalue weighted by atomic mass is 35.5. The van der Waals surface area contributed by atoms with Gasteiger partial charge < -0.3 is 10.2 Å². The molecule has 1 aromatic heterocycles. The summed E-state index contributed by atoms with van der Waals surface area (Å²) in [4.78, 5) is 30.8. The second-order valence-corrected chi connectivity index (χ2v) is 10.4. The molecule has 36 heavy (non-hydrogen) atoms. The van der Waals surface area contributed by atoms with Gasteiger partial charge in [0.25, 0.3) is 0 Å². The molecule has 1 saturated heterocycles. The number of piperidine rings is 1. The molecule has 0 bridgehead atoms. The molecule has 3 aromatic rings. The number of aromatic nitrogens is 1. The molecule has 2 heterocycles. The minimum absolute atomic E-state index is 0.0951. The van der Waals surface area contributed by atoms with Crippen molar-refractivity contribution in [2.24, 2.45) is 0 Å². The van der Waals surface area contributed by atoms with Crippen LogP contribution >= 0.6 is 11.6 Å². The van der Waals surface area contributed by atoms with Crippen molar-refractivity contribution in [3.8, 4) is 11.1 Å². The smallest absolute Gasteiger partial charge is 0.321 e. The number of carbonyl (C=O) groups is 2. The molecule has 188 valence electrons. The van der Waals surface area contributed by atoms with Crippen LogP contribution in [0.25, 0.3) is 11.1 Å². The average molecular weight is 532 g/mol. The van der Waals surface area contributed by atoms with Crippen LogP contribution in [-0.2, 0) is 14.8 Å². The maximum atomic E-state index is 13.9. The van der Waals surface area contributed by atoms with E-state index < -0.39 is 27.9 Å². The molecule has 12 heteroatoms. The Morgan fingerprint density at radius 2 is 1.89 bits per heavy atom. The van der Waals surface area contributed by atoms with E-state index >= 15 is 0 Å². The number of amides is 3. The third kappa shape index (κ3) is 6.10. The van der Waals surface area contributed by atoms with Gasteiger partial charge in [-0.3, -0.25) is 14.8 Å². The van der Waals surface area contributed by atoms with Gasteiger partial charge in [0.05, 0.1) is 17.0 Å². The number of halogens is 2. The lowest BCUT2D eigenvalue weighted by molar-refractivity contribution is -0.121. The van der Waals surface area contributed by atoms with Gasteiger partial charge in [0.15, 0.2) is 11.6 Å². The average Bonchev–Trinajstić information content (AvgIpc) is 2.82. The number of nitrogens with zero attached hydrogens (tertiary/aromatic N) is 2. The Balaban J connectivity index is 1.46. The van der Waals surface area contributed by atoms with Gasteiger partial charge >= 0.3 is 6.03 Å². The predicted octanol–water partition coefficient (Wildman–Crippen LogP) is 4.23. The number of rotatable bonds is 6. The van der Waals surface area contributed by atoms with Crippen LogP contribution < -0.4 is 20.3 Å². The number of pyridine rings is 1. The molecule has 0 aliphatic carbocycles. The van der Waals surface area contributed by atoms with Crippen LogP contribution in [0.2, 0.25) is 5.02 Å². The van der Waals surface area contributed by atoms with E-state index in [-0.39, 0.29) is 16.7 Å². The lowest BCUT2D eigenvalue weighted by Gasteiger charge is -2.32.